The SMILES string of the molecule is OCC1OC(N2C=NC3C(=S)N=CN=C32)C(O)C1O. The van der Waals surface area contributed by atoms with E-state index < -0.39 is 30.6 Å². The Hall–Kier alpha value is -1.26. The van der Waals surface area contributed by atoms with Gasteiger partial charge in [0.05, 0.1) is 12.9 Å². The Labute approximate surface area is 113 Å². The molecule has 0 radical (unpaired) electrons. The number of nitrogens with zero attached hydrogens (tertiary/aromatic N) is 4. The largest absolute Gasteiger partial charge is 0.394 e. The van der Waals surface area contributed by atoms with Gasteiger partial charge in [-0.25, -0.2) is 9.98 Å². The zero-order valence-electron chi connectivity index (χ0n) is 9.70. The minimum atomic E-state index is -1.17. The number of thiocarbonyl (C=S) groups is 1. The average Bonchev–Trinajstić information content (AvgIpc) is 2.94. The van der Waals surface area contributed by atoms with Crippen molar-refractivity contribution in [2.75, 3.05) is 6.61 Å². The van der Waals surface area contributed by atoms with Crippen LogP contribution < -0.4 is 0 Å². The van der Waals surface area contributed by atoms with Crippen molar-refractivity contribution in [3.8, 4) is 0 Å². The fourth-order valence-electron chi connectivity index (χ4n) is 2.24. The van der Waals surface area contributed by atoms with Gasteiger partial charge in [-0.05, 0) is 0 Å². The van der Waals surface area contributed by atoms with E-state index in [0.29, 0.717) is 10.8 Å². The Kier molecular flexibility index (Phi) is 3.15. The number of rotatable bonds is 2. The molecular formula is C10H12N4O4S. The summed E-state index contributed by atoms with van der Waals surface area (Å²) in [7, 11) is 0. The number of aliphatic imine (C=N–C) groups is 3. The first-order valence-electron chi connectivity index (χ1n) is 5.71. The third-order valence-electron chi connectivity index (χ3n) is 3.25. The Morgan fingerprint density at radius 3 is 2.84 bits per heavy atom. The summed E-state index contributed by atoms with van der Waals surface area (Å²) in [5, 5.41) is 28.8. The minimum absolute atomic E-state index is 0.379. The van der Waals surface area contributed by atoms with E-state index in [9.17, 15) is 10.2 Å². The first-order valence-corrected chi connectivity index (χ1v) is 6.12. The van der Waals surface area contributed by atoms with Crippen LogP contribution in [0.3, 0.4) is 0 Å². The van der Waals surface area contributed by atoms with Crippen LogP contribution in [-0.2, 0) is 4.74 Å². The molecule has 3 heterocycles. The van der Waals surface area contributed by atoms with Crippen LogP contribution in [0.2, 0.25) is 0 Å². The van der Waals surface area contributed by atoms with Gasteiger partial charge < -0.3 is 20.1 Å². The summed E-state index contributed by atoms with van der Waals surface area (Å²) < 4.78 is 5.42. The van der Waals surface area contributed by atoms with E-state index in [1.165, 1.54) is 17.6 Å². The predicted octanol–water partition coefficient (Wildman–Crippen LogP) is -2.09. The monoisotopic (exact) mass is 284 g/mol. The molecule has 0 aliphatic carbocycles. The smallest absolute Gasteiger partial charge is 0.165 e. The van der Waals surface area contributed by atoms with E-state index in [1.807, 2.05) is 0 Å². The van der Waals surface area contributed by atoms with Crippen LogP contribution in [-0.4, -0.2) is 80.9 Å². The Balaban J connectivity index is 1.85. The molecule has 0 bridgehead atoms. The molecule has 3 N–H and O–H groups in total. The van der Waals surface area contributed by atoms with Gasteiger partial charge in [0.1, 0.15) is 35.5 Å². The summed E-state index contributed by atoms with van der Waals surface area (Å²) in [6, 6.07) is -0.457. The first kappa shape index (κ1) is 12.8. The highest BCUT2D eigenvalue weighted by molar-refractivity contribution is 7.80. The summed E-state index contributed by atoms with van der Waals surface area (Å²) in [6.45, 7) is -0.379. The molecule has 19 heavy (non-hydrogen) atoms. The van der Waals surface area contributed by atoms with Crippen molar-refractivity contribution >= 4 is 35.7 Å². The van der Waals surface area contributed by atoms with Crippen LogP contribution in [0.4, 0.5) is 0 Å². The molecule has 0 aromatic carbocycles. The first-order chi connectivity index (χ1) is 9.13. The van der Waals surface area contributed by atoms with Crippen LogP contribution in [0.25, 0.3) is 0 Å². The molecule has 5 atom stereocenters. The van der Waals surface area contributed by atoms with Crippen molar-refractivity contribution in [1.82, 2.24) is 4.90 Å². The standard InChI is InChI=1S/C10H12N4O4S/c15-1-4-6(16)7(17)10(18-4)14-3-13-5-8(14)11-2-12-9(5)19/h2-7,10,15-17H,1H2. The van der Waals surface area contributed by atoms with Crippen molar-refractivity contribution in [2.24, 2.45) is 15.0 Å². The molecule has 102 valence electrons. The lowest BCUT2D eigenvalue weighted by Gasteiger charge is -2.27. The molecule has 0 amide bonds. The quantitative estimate of drug-likeness (QED) is 0.501. The van der Waals surface area contributed by atoms with Gasteiger partial charge in [0.25, 0.3) is 0 Å². The normalized spacial score (nSPS) is 40.8. The van der Waals surface area contributed by atoms with E-state index in [1.54, 1.807) is 0 Å². The molecule has 0 spiro atoms. The second-order valence-electron chi connectivity index (χ2n) is 4.37. The molecule has 3 aliphatic heterocycles. The molecule has 9 heteroatoms. The van der Waals surface area contributed by atoms with Crippen molar-refractivity contribution < 1.29 is 20.1 Å². The summed E-state index contributed by atoms with van der Waals surface area (Å²) in [6.07, 6.45) is -1.25. The number of fused-ring (bicyclic) bond motifs is 1. The molecule has 1 fully saturated rings. The molecule has 0 aromatic heterocycles. The van der Waals surface area contributed by atoms with Crippen molar-refractivity contribution in [2.45, 2.75) is 30.6 Å². The highest BCUT2D eigenvalue weighted by Crippen LogP contribution is 2.27. The highest BCUT2D eigenvalue weighted by Gasteiger charge is 2.48. The van der Waals surface area contributed by atoms with Crippen LogP contribution >= 0.6 is 12.2 Å². The predicted molar refractivity (Wildman–Crippen MR) is 70.4 cm³/mol. The molecule has 3 rings (SSSR count). The molecule has 3 aliphatic rings. The number of amidine groups is 1. The maximum absolute atomic E-state index is 9.96. The third kappa shape index (κ3) is 1.90. The van der Waals surface area contributed by atoms with Gasteiger partial charge in [-0.3, -0.25) is 9.89 Å². The van der Waals surface area contributed by atoms with Gasteiger partial charge in [0.15, 0.2) is 12.3 Å². The maximum Gasteiger partial charge on any atom is 0.165 e. The molecule has 0 aromatic rings. The second-order valence-corrected chi connectivity index (χ2v) is 4.79. The van der Waals surface area contributed by atoms with E-state index >= 15 is 0 Å². The lowest BCUT2D eigenvalue weighted by molar-refractivity contribution is -0.0509. The zero-order chi connectivity index (χ0) is 13.6. The summed E-state index contributed by atoms with van der Waals surface area (Å²) in [4.78, 5) is 14.0. The number of ether oxygens (including phenoxy) is 1. The molecular weight excluding hydrogens is 272 g/mol. The minimum Gasteiger partial charge on any atom is -0.394 e. The molecule has 5 unspecified atom stereocenters. The van der Waals surface area contributed by atoms with Gasteiger partial charge in [-0.2, -0.15) is 0 Å². The Morgan fingerprint density at radius 2 is 2.16 bits per heavy atom. The van der Waals surface area contributed by atoms with E-state index in [2.05, 4.69) is 15.0 Å². The topological polar surface area (TPSA) is 110 Å². The number of hydrogen-bond donors (Lipinski definition) is 3. The van der Waals surface area contributed by atoms with E-state index in [-0.39, 0.29) is 6.61 Å². The fourth-order valence-corrected chi connectivity index (χ4v) is 2.45. The van der Waals surface area contributed by atoms with Gasteiger partial charge >= 0.3 is 0 Å². The lowest BCUT2D eigenvalue weighted by atomic mass is 10.1. The second kappa shape index (κ2) is 4.69. The number of aliphatic hydroxyl groups is 3. The van der Waals surface area contributed by atoms with Crippen LogP contribution in [0.1, 0.15) is 0 Å². The van der Waals surface area contributed by atoms with Crippen LogP contribution in [0, 0.1) is 0 Å². The Bertz CT molecular complexity index is 494. The van der Waals surface area contributed by atoms with Crippen molar-refractivity contribution in [3.05, 3.63) is 0 Å². The van der Waals surface area contributed by atoms with Crippen molar-refractivity contribution in [3.63, 3.8) is 0 Å². The van der Waals surface area contributed by atoms with Crippen molar-refractivity contribution in [1.29, 1.82) is 0 Å². The highest BCUT2D eigenvalue weighted by atomic mass is 32.1. The number of aliphatic hydroxyl groups excluding tert-OH is 3. The van der Waals surface area contributed by atoms with Gasteiger partial charge in [0.2, 0.25) is 0 Å². The zero-order valence-corrected chi connectivity index (χ0v) is 10.5. The molecule has 0 saturated carbocycles. The van der Waals surface area contributed by atoms with Crippen LogP contribution in [0.5, 0.6) is 0 Å². The van der Waals surface area contributed by atoms with E-state index in [4.69, 9.17) is 22.1 Å². The van der Waals surface area contributed by atoms with E-state index in [0.717, 1.165) is 0 Å². The molecule has 1 saturated heterocycles. The lowest BCUT2D eigenvalue weighted by Crippen LogP contribution is -2.48. The maximum atomic E-state index is 9.96. The summed E-state index contributed by atoms with van der Waals surface area (Å²) in [5.74, 6) is 0.495. The van der Waals surface area contributed by atoms with Gasteiger partial charge in [0, 0.05) is 0 Å². The third-order valence-corrected chi connectivity index (χ3v) is 3.58. The van der Waals surface area contributed by atoms with Gasteiger partial charge in [-0.1, -0.05) is 12.2 Å². The van der Waals surface area contributed by atoms with Crippen LogP contribution in [0.15, 0.2) is 15.0 Å². The van der Waals surface area contributed by atoms with Gasteiger partial charge in [-0.15, -0.1) is 0 Å². The average molecular weight is 284 g/mol. The summed E-state index contributed by atoms with van der Waals surface area (Å²) >= 11 is 5.06. The fraction of sp³-hybridized carbons (Fsp3) is 0.600. The summed E-state index contributed by atoms with van der Waals surface area (Å²) in [5.41, 5.74) is 0. The number of hydrogen-bond acceptors (Lipinski definition) is 8. The Morgan fingerprint density at radius 1 is 1.37 bits per heavy atom. The molecule has 8 nitrogen and oxygen atoms in total.